The molecule has 0 radical (unpaired) electrons. The van der Waals surface area contributed by atoms with Gasteiger partial charge in [-0.15, -0.1) is 11.3 Å². The Morgan fingerprint density at radius 3 is 2.29 bits per heavy atom. The van der Waals surface area contributed by atoms with Gasteiger partial charge in [0.05, 0.1) is 22.2 Å². The second-order valence-corrected chi connectivity index (χ2v) is 8.12. The van der Waals surface area contributed by atoms with E-state index < -0.39 is 0 Å². The van der Waals surface area contributed by atoms with Crippen molar-refractivity contribution in [2.75, 3.05) is 5.32 Å². The number of thiophene rings is 1. The van der Waals surface area contributed by atoms with Gasteiger partial charge in [-0.2, -0.15) is 0 Å². The molecule has 5 nitrogen and oxygen atoms in total. The SMILES string of the molecule is Cc1cc(NC(=O)c2ccco2)sc1C(=O)NC(C)c1ccc(C(C)C)cc1. The Morgan fingerprint density at radius 1 is 1.00 bits per heavy atom. The molecule has 0 saturated carbocycles. The summed E-state index contributed by atoms with van der Waals surface area (Å²) in [6.45, 7) is 8.13. The van der Waals surface area contributed by atoms with Gasteiger partial charge in [0.1, 0.15) is 0 Å². The van der Waals surface area contributed by atoms with Gasteiger partial charge < -0.3 is 15.1 Å². The molecule has 2 heterocycles. The largest absolute Gasteiger partial charge is 0.459 e. The molecule has 0 aliphatic rings. The van der Waals surface area contributed by atoms with Crippen LogP contribution >= 0.6 is 11.3 Å². The zero-order valence-corrected chi connectivity index (χ0v) is 17.2. The molecule has 2 N–H and O–H groups in total. The Hall–Kier alpha value is -2.86. The zero-order valence-electron chi connectivity index (χ0n) is 16.4. The van der Waals surface area contributed by atoms with E-state index in [1.165, 1.54) is 23.2 Å². The van der Waals surface area contributed by atoms with E-state index >= 15 is 0 Å². The average molecular weight is 397 g/mol. The van der Waals surface area contributed by atoms with E-state index in [4.69, 9.17) is 4.42 Å². The van der Waals surface area contributed by atoms with Gasteiger partial charge in [0, 0.05) is 0 Å². The number of carbonyl (C=O) groups is 2. The molecule has 1 unspecified atom stereocenters. The molecule has 28 heavy (non-hydrogen) atoms. The highest BCUT2D eigenvalue weighted by Crippen LogP contribution is 2.28. The average Bonchev–Trinajstić information content (AvgIpc) is 3.31. The molecule has 6 heteroatoms. The van der Waals surface area contributed by atoms with Gasteiger partial charge in [0.15, 0.2) is 5.76 Å². The molecule has 2 aromatic heterocycles. The molecular formula is C22H24N2O3S. The minimum absolute atomic E-state index is 0.114. The van der Waals surface area contributed by atoms with Crippen molar-refractivity contribution in [1.29, 1.82) is 0 Å². The maximum Gasteiger partial charge on any atom is 0.291 e. The van der Waals surface area contributed by atoms with Crippen molar-refractivity contribution in [3.63, 3.8) is 0 Å². The van der Waals surface area contributed by atoms with Crippen LogP contribution in [0.1, 0.15) is 69.6 Å². The van der Waals surface area contributed by atoms with Crippen molar-refractivity contribution in [1.82, 2.24) is 5.32 Å². The Bertz CT molecular complexity index is 956. The zero-order chi connectivity index (χ0) is 20.3. The van der Waals surface area contributed by atoms with Gasteiger partial charge in [0.25, 0.3) is 11.8 Å². The van der Waals surface area contributed by atoms with Crippen LogP contribution in [0.15, 0.2) is 53.1 Å². The number of anilines is 1. The summed E-state index contributed by atoms with van der Waals surface area (Å²) in [6.07, 6.45) is 1.45. The summed E-state index contributed by atoms with van der Waals surface area (Å²) in [5, 5.41) is 6.41. The van der Waals surface area contributed by atoms with Crippen LogP contribution in [0.2, 0.25) is 0 Å². The fourth-order valence-corrected chi connectivity index (χ4v) is 3.84. The third-order valence-electron chi connectivity index (χ3n) is 4.56. The summed E-state index contributed by atoms with van der Waals surface area (Å²) in [6, 6.07) is 13.2. The van der Waals surface area contributed by atoms with E-state index in [0.29, 0.717) is 15.8 Å². The number of hydrogen-bond acceptors (Lipinski definition) is 4. The summed E-state index contributed by atoms with van der Waals surface area (Å²) >= 11 is 1.25. The summed E-state index contributed by atoms with van der Waals surface area (Å²) in [4.78, 5) is 25.4. The molecule has 0 spiro atoms. The number of hydrogen-bond donors (Lipinski definition) is 2. The summed E-state index contributed by atoms with van der Waals surface area (Å²) < 4.78 is 5.09. The monoisotopic (exact) mass is 396 g/mol. The maximum absolute atomic E-state index is 12.7. The smallest absolute Gasteiger partial charge is 0.291 e. The molecule has 3 rings (SSSR count). The van der Waals surface area contributed by atoms with Crippen LogP contribution in [0, 0.1) is 6.92 Å². The predicted octanol–water partition coefficient (Wildman–Crippen LogP) is 5.52. The molecule has 2 amide bonds. The molecule has 0 fully saturated rings. The maximum atomic E-state index is 12.7. The Balaban J connectivity index is 1.67. The first-order chi connectivity index (χ1) is 13.3. The lowest BCUT2D eigenvalue weighted by atomic mass is 9.99. The number of aryl methyl sites for hydroxylation is 1. The van der Waals surface area contributed by atoms with Crippen LogP contribution in [0.4, 0.5) is 5.00 Å². The lowest BCUT2D eigenvalue weighted by molar-refractivity contribution is 0.0942. The number of amides is 2. The van der Waals surface area contributed by atoms with Crippen molar-refractivity contribution >= 4 is 28.2 Å². The highest BCUT2D eigenvalue weighted by Gasteiger charge is 2.18. The number of rotatable bonds is 6. The van der Waals surface area contributed by atoms with Crippen molar-refractivity contribution in [2.45, 2.75) is 39.7 Å². The van der Waals surface area contributed by atoms with E-state index in [0.717, 1.165) is 11.1 Å². The Kier molecular flexibility index (Phi) is 5.99. The summed E-state index contributed by atoms with van der Waals surface area (Å²) in [5.41, 5.74) is 3.14. The molecular weight excluding hydrogens is 372 g/mol. The third-order valence-corrected chi connectivity index (χ3v) is 5.71. The molecule has 1 aromatic carbocycles. The van der Waals surface area contributed by atoms with Crippen molar-refractivity contribution in [3.8, 4) is 0 Å². The number of furan rings is 1. The normalized spacial score (nSPS) is 12.0. The number of benzene rings is 1. The van der Waals surface area contributed by atoms with Crippen LogP contribution in [0.5, 0.6) is 0 Å². The highest BCUT2D eigenvalue weighted by atomic mass is 32.1. The Labute approximate surface area is 168 Å². The molecule has 146 valence electrons. The minimum atomic E-state index is -0.336. The second kappa shape index (κ2) is 8.44. The Morgan fingerprint density at radius 2 is 1.68 bits per heavy atom. The van der Waals surface area contributed by atoms with E-state index in [-0.39, 0.29) is 23.6 Å². The first-order valence-corrected chi connectivity index (χ1v) is 10.0. The van der Waals surface area contributed by atoms with Crippen LogP contribution in [-0.4, -0.2) is 11.8 Å². The molecule has 0 aliphatic heterocycles. The predicted molar refractivity (Wildman–Crippen MR) is 112 cm³/mol. The van der Waals surface area contributed by atoms with Gasteiger partial charge in [-0.3, -0.25) is 9.59 Å². The van der Waals surface area contributed by atoms with Crippen LogP contribution in [0.3, 0.4) is 0 Å². The first kappa shape index (κ1) is 19.9. The van der Waals surface area contributed by atoms with E-state index in [2.05, 4.69) is 48.7 Å². The van der Waals surface area contributed by atoms with Gasteiger partial charge >= 0.3 is 0 Å². The molecule has 0 saturated heterocycles. The molecule has 3 aromatic rings. The van der Waals surface area contributed by atoms with Crippen LogP contribution in [0.25, 0.3) is 0 Å². The third kappa shape index (κ3) is 4.51. The van der Waals surface area contributed by atoms with Gasteiger partial charge in [-0.25, -0.2) is 0 Å². The standard InChI is InChI=1S/C22H24N2O3S/c1-13(2)16-7-9-17(10-8-16)15(4)23-22(26)20-14(3)12-19(28-20)24-21(25)18-6-5-11-27-18/h5-13,15H,1-4H3,(H,23,26)(H,24,25). The van der Waals surface area contributed by atoms with Crippen molar-refractivity contribution < 1.29 is 14.0 Å². The lowest BCUT2D eigenvalue weighted by Gasteiger charge is -2.15. The second-order valence-electron chi connectivity index (χ2n) is 7.07. The quantitative estimate of drug-likeness (QED) is 0.576. The lowest BCUT2D eigenvalue weighted by Crippen LogP contribution is -2.26. The molecule has 0 aliphatic carbocycles. The molecule has 1 atom stereocenters. The number of carbonyl (C=O) groups excluding carboxylic acids is 2. The number of nitrogens with one attached hydrogen (secondary N) is 2. The van der Waals surface area contributed by atoms with E-state index in [9.17, 15) is 9.59 Å². The first-order valence-electron chi connectivity index (χ1n) is 9.21. The van der Waals surface area contributed by atoms with Crippen molar-refractivity contribution in [2.24, 2.45) is 0 Å². The topological polar surface area (TPSA) is 71.3 Å². The fourth-order valence-electron chi connectivity index (χ4n) is 2.87. The van der Waals surface area contributed by atoms with Crippen LogP contribution < -0.4 is 10.6 Å². The van der Waals surface area contributed by atoms with E-state index in [1.807, 2.05) is 13.8 Å². The van der Waals surface area contributed by atoms with Gasteiger partial charge in [0.2, 0.25) is 0 Å². The van der Waals surface area contributed by atoms with Crippen LogP contribution in [-0.2, 0) is 0 Å². The van der Waals surface area contributed by atoms with Crippen molar-refractivity contribution in [3.05, 3.63) is 76.1 Å². The summed E-state index contributed by atoms with van der Waals surface area (Å²) in [5.74, 6) is 0.219. The van der Waals surface area contributed by atoms with Gasteiger partial charge in [-0.1, -0.05) is 38.1 Å². The fraction of sp³-hybridized carbons (Fsp3) is 0.273. The highest BCUT2D eigenvalue weighted by molar-refractivity contribution is 7.18. The van der Waals surface area contributed by atoms with Gasteiger partial charge in [-0.05, 0) is 54.7 Å². The van der Waals surface area contributed by atoms with E-state index in [1.54, 1.807) is 18.2 Å². The minimum Gasteiger partial charge on any atom is -0.459 e. The molecule has 0 bridgehead atoms. The summed E-state index contributed by atoms with van der Waals surface area (Å²) in [7, 11) is 0.